The van der Waals surface area contributed by atoms with Crippen LogP contribution in [0.1, 0.15) is 97.0 Å². The molecule has 0 spiro atoms. The van der Waals surface area contributed by atoms with Crippen LogP contribution in [0.5, 0.6) is 0 Å². The van der Waals surface area contributed by atoms with E-state index in [1.807, 2.05) is 30.3 Å². The highest BCUT2D eigenvalue weighted by atomic mass is 16.5. The third-order valence-corrected chi connectivity index (χ3v) is 5.21. The van der Waals surface area contributed by atoms with Gasteiger partial charge in [0.15, 0.2) is 0 Å². The lowest BCUT2D eigenvalue weighted by atomic mass is 10.0. The summed E-state index contributed by atoms with van der Waals surface area (Å²) in [6.45, 7) is 5.52. The Bertz CT molecular complexity index is 716. The predicted octanol–water partition coefficient (Wildman–Crippen LogP) is 5.38. The van der Waals surface area contributed by atoms with Gasteiger partial charge in [0.2, 0.25) is 11.8 Å². The van der Waals surface area contributed by atoms with Crippen molar-refractivity contribution in [3.05, 3.63) is 35.9 Å². The number of hydrogen-bond acceptors (Lipinski definition) is 4. The second-order valence-corrected chi connectivity index (χ2v) is 8.10. The summed E-state index contributed by atoms with van der Waals surface area (Å²) in [6.07, 6.45) is 11.0. The fourth-order valence-electron chi connectivity index (χ4n) is 3.54. The van der Waals surface area contributed by atoms with E-state index in [-0.39, 0.29) is 24.8 Å². The van der Waals surface area contributed by atoms with Gasteiger partial charge in [0.1, 0.15) is 6.04 Å². The van der Waals surface area contributed by atoms with Gasteiger partial charge in [-0.3, -0.25) is 9.59 Å². The Hall–Kier alpha value is -2.50. The monoisotopic (exact) mass is 444 g/mol. The number of aliphatic imine (C=N–C) groups is 1. The minimum atomic E-state index is -0.876. The van der Waals surface area contributed by atoms with Gasteiger partial charge in [-0.25, -0.2) is 9.79 Å². The van der Waals surface area contributed by atoms with Crippen molar-refractivity contribution < 1.29 is 19.1 Å². The van der Waals surface area contributed by atoms with Crippen LogP contribution >= 0.6 is 0 Å². The maximum Gasteiger partial charge on any atom is 0.329 e. The first kappa shape index (κ1) is 27.5. The second-order valence-electron chi connectivity index (χ2n) is 8.10. The van der Waals surface area contributed by atoms with Crippen LogP contribution in [0.2, 0.25) is 0 Å². The first-order valence-corrected chi connectivity index (χ1v) is 12.1. The van der Waals surface area contributed by atoms with Gasteiger partial charge in [-0.2, -0.15) is 0 Å². The molecule has 6 nitrogen and oxygen atoms in total. The van der Waals surface area contributed by atoms with Crippen LogP contribution in [0.25, 0.3) is 0 Å². The Morgan fingerprint density at radius 2 is 1.50 bits per heavy atom. The fourth-order valence-corrected chi connectivity index (χ4v) is 3.54. The smallest absolute Gasteiger partial charge is 0.329 e. The molecule has 2 amide bonds. The summed E-state index contributed by atoms with van der Waals surface area (Å²) in [4.78, 5) is 40.7. The van der Waals surface area contributed by atoms with Crippen molar-refractivity contribution in [2.75, 3.05) is 6.61 Å². The zero-order valence-electron chi connectivity index (χ0n) is 20.0. The van der Waals surface area contributed by atoms with Gasteiger partial charge in [-0.05, 0) is 18.9 Å². The molecule has 0 bridgehead atoms. The van der Waals surface area contributed by atoms with Crippen LogP contribution in [0.15, 0.2) is 35.3 Å². The van der Waals surface area contributed by atoms with E-state index in [0.717, 1.165) is 24.8 Å². The van der Waals surface area contributed by atoms with E-state index < -0.39 is 12.0 Å². The highest BCUT2D eigenvalue weighted by molar-refractivity contribution is 6.08. The van der Waals surface area contributed by atoms with Crippen molar-refractivity contribution in [2.24, 2.45) is 4.99 Å². The molecule has 0 fully saturated rings. The number of ether oxygens (including phenoxy) is 1. The molecule has 0 saturated carbocycles. The number of carbonyl (C=O) groups excluding carboxylic acids is 3. The van der Waals surface area contributed by atoms with E-state index in [0.29, 0.717) is 12.1 Å². The number of hydrogen-bond donors (Lipinski definition) is 1. The molecule has 0 heterocycles. The molecule has 1 N–H and O–H groups in total. The first-order chi connectivity index (χ1) is 15.5. The zero-order chi connectivity index (χ0) is 23.6. The SMILES string of the molecule is CCCCCCCCCCCC(=O)N[C@H](CC(=NC(C)=O)c1ccccc1)C(=O)OCC. The van der Waals surface area contributed by atoms with E-state index in [4.69, 9.17) is 4.74 Å². The lowest BCUT2D eigenvalue weighted by molar-refractivity contribution is -0.147. The number of amides is 2. The molecule has 0 aromatic heterocycles. The largest absolute Gasteiger partial charge is 0.464 e. The molecule has 1 rings (SSSR count). The maximum absolute atomic E-state index is 12.5. The number of benzene rings is 1. The van der Waals surface area contributed by atoms with E-state index in [1.165, 1.54) is 45.4 Å². The van der Waals surface area contributed by atoms with Crippen molar-refractivity contribution in [3.63, 3.8) is 0 Å². The molecule has 1 aromatic carbocycles. The van der Waals surface area contributed by atoms with Crippen LogP contribution in [0.4, 0.5) is 0 Å². The van der Waals surface area contributed by atoms with Gasteiger partial charge in [-0.15, -0.1) is 0 Å². The Labute approximate surface area is 193 Å². The summed E-state index contributed by atoms with van der Waals surface area (Å²) in [5.74, 6) is -1.05. The molecule has 1 aromatic rings. The highest BCUT2D eigenvalue weighted by Crippen LogP contribution is 2.12. The van der Waals surface area contributed by atoms with Gasteiger partial charge in [0.05, 0.1) is 12.3 Å². The Morgan fingerprint density at radius 3 is 2.06 bits per heavy atom. The normalized spacial score (nSPS) is 12.3. The molecule has 32 heavy (non-hydrogen) atoms. The van der Waals surface area contributed by atoms with Crippen LogP contribution in [-0.4, -0.2) is 36.1 Å². The van der Waals surface area contributed by atoms with Crippen LogP contribution < -0.4 is 5.32 Å². The van der Waals surface area contributed by atoms with Gasteiger partial charge >= 0.3 is 5.97 Å². The molecule has 178 valence electrons. The molecule has 0 radical (unpaired) electrons. The van der Waals surface area contributed by atoms with Crippen LogP contribution in [-0.2, 0) is 19.1 Å². The lowest BCUT2D eigenvalue weighted by Crippen LogP contribution is -2.43. The van der Waals surface area contributed by atoms with E-state index >= 15 is 0 Å². The van der Waals surface area contributed by atoms with E-state index in [2.05, 4.69) is 17.2 Å². The summed E-state index contributed by atoms with van der Waals surface area (Å²) in [5.41, 5.74) is 1.20. The topological polar surface area (TPSA) is 84.8 Å². The molecule has 6 heteroatoms. The molecule has 1 atom stereocenters. The molecule has 0 saturated heterocycles. The van der Waals surface area contributed by atoms with Crippen molar-refractivity contribution in [1.29, 1.82) is 0 Å². The molecule has 0 aliphatic carbocycles. The van der Waals surface area contributed by atoms with Gasteiger partial charge in [0.25, 0.3) is 0 Å². The number of carbonyl (C=O) groups is 3. The molecular weight excluding hydrogens is 404 g/mol. The third kappa shape index (κ3) is 12.4. The number of nitrogens with zero attached hydrogens (tertiary/aromatic N) is 1. The molecule has 0 unspecified atom stereocenters. The molecular formula is C26H40N2O4. The fraction of sp³-hybridized carbons (Fsp3) is 0.615. The van der Waals surface area contributed by atoms with Crippen LogP contribution in [0.3, 0.4) is 0 Å². The van der Waals surface area contributed by atoms with Gasteiger partial charge in [-0.1, -0.05) is 88.6 Å². The number of nitrogens with one attached hydrogen (secondary N) is 1. The molecule has 0 aliphatic rings. The van der Waals surface area contributed by atoms with Crippen molar-refractivity contribution in [2.45, 2.75) is 97.4 Å². The quantitative estimate of drug-likeness (QED) is 0.211. The van der Waals surface area contributed by atoms with Gasteiger partial charge in [0, 0.05) is 19.8 Å². The van der Waals surface area contributed by atoms with Crippen molar-refractivity contribution in [1.82, 2.24) is 5.32 Å². The predicted molar refractivity (Wildman–Crippen MR) is 129 cm³/mol. The summed E-state index contributed by atoms with van der Waals surface area (Å²) in [6, 6.07) is 8.33. The average molecular weight is 445 g/mol. The maximum atomic E-state index is 12.5. The van der Waals surface area contributed by atoms with Gasteiger partial charge < -0.3 is 10.1 Å². The summed E-state index contributed by atoms with van der Waals surface area (Å²) >= 11 is 0. The minimum Gasteiger partial charge on any atom is -0.464 e. The Balaban J connectivity index is 2.58. The second kappa shape index (κ2) is 17.1. The summed E-state index contributed by atoms with van der Waals surface area (Å²) in [5, 5.41) is 2.79. The van der Waals surface area contributed by atoms with E-state index in [1.54, 1.807) is 6.92 Å². The summed E-state index contributed by atoms with van der Waals surface area (Å²) in [7, 11) is 0. The number of rotatable bonds is 16. The van der Waals surface area contributed by atoms with Crippen LogP contribution in [0, 0.1) is 0 Å². The average Bonchev–Trinajstić information content (AvgIpc) is 2.77. The summed E-state index contributed by atoms with van der Waals surface area (Å²) < 4.78 is 5.15. The molecule has 0 aliphatic heterocycles. The Morgan fingerprint density at radius 1 is 0.906 bits per heavy atom. The number of esters is 1. The standard InChI is InChI=1S/C26H40N2O4/c1-4-6-7-8-9-10-11-12-16-19-25(30)28-24(26(31)32-5-2)20-23(27-21(3)29)22-17-14-13-15-18-22/h13-15,17-18,24H,4-12,16,19-20H2,1-3H3,(H,28,30)/t24-/m1/s1. The van der Waals surface area contributed by atoms with E-state index in [9.17, 15) is 14.4 Å². The lowest BCUT2D eigenvalue weighted by Gasteiger charge is -2.18. The minimum absolute atomic E-state index is 0.103. The number of unbranched alkanes of at least 4 members (excludes halogenated alkanes) is 8. The highest BCUT2D eigenvalue weighted by Gasteiger charge is 2.25. The Kier molecular flexibility index (Phi) is 14.7. The zero-order valence-corrected chi connectivity index (χ0v) is 20.0. The van der Waals surface area contributed by atoms with Crippen molar-refractivity contribution >= 4 is 23.5 Å². The van der Waals surface area contributed by atoms with Crippen molar-refractivity contribution in [3.8, 4) is 0 Å². The first-order valence-electron chi connectivity index (χ1n) is 12.1. The third-order valence-electron chi connectivity index (χ3n) is 5.21.